The lowest BCUT2D eigenvalue weighted by Gasteiger charge is -2.17. The van der Waals surface area contributed by atoms with Crippen LogP contribution in [0.5, 0.6) is 0 Å². The van der Waals surface area contributed by atoms with E-state index in [4.69, 9.17) is 0 Å². The second kappa shape index (κ2) is 5.78. The van der Waals surface area contributed by atoms with Gasteiger partial charge >= 0.3 is 0 Å². The van der Waals surface area contributed by atoms with Gasteiger partial charge in [-0.25, -0.2) is 0 Å². The molecular formula is C14H22N2. The molecule has 1 heterocycles. The highest BCUT2D eigenvalue weighted by Gasteiger charge is 2.13. The van der Waals surface area contributed by atoms with Crippen molar-refractivity contribution in [2.45, 2.75) is 45.1 Å². The van der Waals surface area contributed by atoms with Crippen LogP contribution in [-0.2, 0) is 0 Å². The van der Waals surface area contributed by atoms with Crippen LogP contribution < -0.4 is 10.6 Å². The highest BCUT2D eigenvalue weighted by Crippen LogP contribution is 2.26. The molecule has 1 aromatic rings. The van der Waals surface area contributed by atoms with Crippen molar-refractivity contribution < 1.29 is 0 Å². The maximum absolute atomic E-state index is 3.66. The lowest BCUT2D eigenvalue weighted by Crippen LogP contribution is -2.19. The zero-order valence-corrected chi connectivity index (χ0v) is 10.1. The van der Waals surface area contributed by atoms with Gasteiger partial charge in [0.05, 0.1) is 11.4 Å². The fourth-order valence-corrected chi connectivity index (χ4v) is 2.29. The van der Waals surface area contributed by atoms with Crippen molar-refractivity contribution in [2.24, 2.45) is 0 Å². The molecule has 1 aliphatic heterocycles. The summed E-state index contributed by atoms with van der Waals surface area (Å²) in [5.74, 6) is 0. The molecule has 0 radical (unpaired) electrons. The molecule has 0 saturated carbocycles. The molecule has 0 aliphatic carbocycles. The van der Waals surface area contributed by atoms with E-state index in [0.29, 0.717) is 6.04 Å². The third kappa shape index (κ3) is 2.91. The van der Waals surface area contributed by atoms with Crippen LogP contribution in [0.15, 0.2) is 24.3 Å². The van der Waals surface area contributed by atoms with Gasteiger partial charge in [0, 0.05) is 12.6 Å². The number of hydrogen-bond donors (Lipinski definition) is 2. The van der Waals surface area contributed by atoms with Crippen molar-refractivity contribution in [3.63, 3.8) is 0 Å². The molecule has 2 rings (SSSR count). The van der Waals surface area contributed by atoms with Crippen molar-refractivity contribution in [3.8, 4) is 0 Å². The molecule has 0 saturated heterocycles. The zero-order valence-electron chi connectivity index (χ0n) is 10.1. The van der Waals surface area contributed by atoms with E-state index in [-0.39, 0.29) is 0 Å². The van der Waals surface area contributed by atoms with Crippen LogP contribution in [0.4, 0.5) is 11.4 Å². The number of para-hydroxylation sites is 2. The van der Waals surface area contributed by atoms with E-state index in [0.717, 1.165) is 6.54 Å². The molecule has 1 aliphatic rings. The molecule has 2 heteroatoms. The molecule has 0 amide bonds. The normalized spacial score (nSPS) is 19.2. The Morgan fingerprint density at radius 2 is 2.00 bits per heavy atom. The van der Waals surface area contributed by atoms with E-state index in [1.807, 2.05) is 0 Å². The van der Waals surface area contributed by atoms with E-state index >= 15 is 0 Å². The lowest BCUT2D eigenvalue weighted by atomic mass is 10.1. The monoisotopic (exact) mass is 218 g/mol. The van der Waals surface area contributed by atoms with Crippen LogP contribution in [0.1, 0.15) is 39.0 Å². The lowest BCUT2D eigenvalue weighted by molar-refractivity contribution is 0.570. The van der Waals surface area contributed by atoms with Gasteiger partial charge in [-0.2, -0.15) is 0 Å². The van der Waals surface area contributed by atoms with Crippen LogP contribution in [-0.4, -0.2) is 12.6 Å². The number of rotatable bonds is 4. The van der Waals surface area contributed by atoms with Crippen molar-refractivity contribution in [2.75, 3.05) is 17.2 Å². The van der Waals surface area contributed by atoms with Crippen LogP contribution >= 0.6 is 0 Å². The van der Waals surface area contributed by atoms with Gasteiger partial charge in [-0.1, -0.05) is 38.3 Å². The van der Waals surface area contributed by atoms with Crippen molar-refractivity contribution >= 4 is 11.4 Å². The third-order valence-corrected chi connectivity index (χ3v) is 3.25. The minimum absolute atomic E-state index is 0.641. The summed E-state index contributed by atoms with van der Waals surface area (Å²) in [4.78, 5) is 0. The van der Waals surface area contributed by atoms with Crippen LogP contribution in [0.2, 0.25) is 0 Å². The Kier molecular flexibility index (Phi) is 4.09. The first-order valence-electron chi connectivity index (χ1n) is 6.49. The van der Waals surface area contributed by atoms with Gasteiger partial charge in [0.15, 0.2) is 0 Å². The minimum atomic E-state index is 0.641. The summed E-state index contributed by atoms with van der Waals surface area (Å²) in [5.41, 5.74) is 2.52. The highest BCUT2D eigenvalue weighted by atomic mass is 15.0. The summed E-state index contributed by atoms with van der Waals surface area (Å²) in [6.45, 7) is 3.35. The van der Waals surface area contributed by atoms with Gasteiger partial charge in [-0.3, -0.25) is 0 Å². The Hall–Kier alpha value is -1.18. The second-order valence-electron chi connectivity index (χ2n) is 4.60. The first-order valence-corrected chi connectivity index (χ1v) is 6.49. The Balaban J connectivity index is 1.94. The summed E-state index contributed by atoms with van der Waals surface area (Å²) in [7, 11) is 0. The van der Waals surface area contributed by atoms with Crippen LogP contribution in [0.3, 0.4) is 0 Å². The van der Waals surface area contributed by atoms with Gasteiger partial charge < -0.3 is 10.6 Å². The SMILES string of the molecule is CCCCCC1CCNc2ccccc2N1. The molecule has 0 fully saturated rings. The number of anilines is 2. The molecular weight excluding hydrogens is 196 g/mol. The Morgan fingerprint density at radius 3 is 2.81 bits per heavy atom. The number of benzene rings is 1. The summed E-state index contributed by atoms with van der Waals surface area (Å²) in [6.07, 6.45) is 6.52. The Labute approximate surface area is 98.4 Å². The maximum atomic E-state index is 3.66. The summed E-state index contributed by atoms with van der Waals surface area (Å²) >= 11 is 0. The molecule has 0 aromatic heterocycles. The molecule has 16 heavy (non-hydrogen) atoms. The second-order valence-corrected chi connectivity index (χ2v) is 4.60. The quantitative estimate of drug-likeness (QED) is 0.750. The molecule has 2 N–H and O–H groups in total. The number of fused-ring (bicyclic) bond motifs is 1. The van der Waals surface area contributed by atoms with E-state index < -0.39 is 0 Å². The van der Waals surface area contributed by atoms with Crippen LogP contribution in [0, 0.1) is 0 Å². The van der Waals surface area contributed by atoms with E-state index in [1.165, 1.54) is 43.5 Å². The largest absolute Gasteiger partial charge is 0.383 e. The van der Waals surface area contributed by atoms with Gasteiger partial charge in [0.1, 0.15) is 0 Å². The summed E-state index contributed by atoms with van der Waals surface area (Å²) in [6, 6.07) is 9.15. The number of nitrogens with one attached hydrogen (secondary N) is 2. The van der Waals surface area contributed by atoms with E-state index in [2.05, 4.69) is 41.8 Å². The Morgan fingerprint density at radius 1 is 1.19 bits per heavy atom. The van der Waals surface area contributed by atoms with Crippen LogP contribution in [0.25, 0.3) is 0 Å². The first-order chi connectivity index (χ1) is 7.90. The average Bonchev–Trinajstić information content (AvgIpc) is 2.51. The predicted molar refractivity (Wildman–Crippen MR) is 71.1 cm³/mol. The van der Waals surface area contributed by atoms with Crippen molar-refractivity contribution in [1.82, 2.24) is 0 Å². The van der Waals surface area contributed by atoms with Gasteiger partial charge in [0.2, 0.25) is 0 Å². The number of hydrogen-bond acceptors (Lipinski definition) is 2. The molecule has 2 nitrogen and oxygen atoms in total. The molecule has 0 bridgehead atoms. The summed E-state index contributed by atoms with van der Waals surface area (Å²) < 4.78 is 0. The molecule has 1 unspecified atom stereocenters. The van der Waals surface area contributed by atoms with Gasteiger partial charge in [-0.15, -0.1) is 0 Å². The van der Waals surface area contributed by atoms with Gasteiger partial charge in [-0.05, 0) is 25.0 Å². The fourth-order valence-electron chi connectivity index (χ4n) is 2.29. The standard InChI is InChI=1S/C14H22N2/c1-2-3-4-7-12-10-11-15-13-8-5-6-9-14(13)16-12/h5-6,8-9,12,15-16H,2-4,7,10-11H2,1H3. The highest BCUT2D eigenvalue weighted by molar-refractivity contribution is 5.69. The minimum Gasteiger partial charge on any atom is -0.383 e. The fraction of sp³-hybridized carbons (Fsp3) is 0.571. The zero-order chi connectivity index (χ0) is 11.2. The summed E-state index contributed by atoms with van der Waals surface area (Å²) in [5, 5.41) is 7.14. The maximum Gasteiger partial charge on any atom is 0.0578 e. The molecule has 1 aromatic carbocycles. The van der Waals surface area contributed by atoms with Crippen molar-refractivity contribution in [1.29, 1.82) is 0 Å². The smallest absolute Gasteiger partial charge is 0.0578 e. The van der Waals surface area contributed by atoms with E-state index in [1.54, 1.807) is 0 Å². The Bertz CT molecular complexity index is 322. The molecule has 1 atom stereocenters. The van der Waals surface area contributed by atoms with Crippen molar-refractivity contribution in [3.05, 3.63) is 24.3 Å². The predicted octanol–water partition coefficient (Wildman–Crippen LogP) is 3.86. The number of unbranched alkanes of at least 4 members (excludes halogenated alkanes) is 2. The first kappa shape index (κ1) is 11.3. The molecule has 0 spiro atoms. The van der Waals surface area contributed by atoms with E-state index in [9.17, 15) is 0 Å². The topological polar surface area (TPSA) is 24.1 Å². The third-order valence-electron chi connectivity index (χ3n) is 3.25. The average molecular weight is 218 g/mol. The van der Waals surface area contributed by atoms with Gasteiger partial charge in [0.25, 0.3) is 0 Å². The molecule has 88 valence electrons.